The number of ether oxygens (including phenoxy) is 1. The van der Waals surface area contributed by atoms with Crippen LogP contribution in [0.25, 0.3) is 0 Å². The molecule has 166 valence electrons. The van der Waals surface area contributed by atoms with Gasteiger partial charge >= 0.3 is 0 Å². The largest absolute Gasteiger partial charge is 0.377 e. The molecule has 1 atom stereocenters. The van der Waals surface area contributed by atoms with E-state index >= 15 is 0 Å². The van der Waals surface area contributed by atoms with Gasteiger partial charge < -0.3 is 19.9 Å². The fraction of sp³-hybridized carbons (Fsp3) is 0.542. The molecule has 0 bridgehead atoms. The number of likely N-dealkylation sites (tertiary alicyclic amines) is 1. The Morgan fingerprint density at radius 3 is 2.74 bits per heavy atom. The molecule has 0 saturated carbocycles. The first-order chi connectivity index (χ1) is 15.1. The van der Waals surface area contributed by atoms with E-state index in [1.807, 2.05) is 43.1 Å². The molecule has 1 saturated heterocycles. The number of nitrogens with zero attached hydrogens (tertiary/aromatic N) is 4. The molecule has 1 amide bonds. The van der Waals surface area contributed by atoms with Crippen LogP contribution in [0.3, 0.4) is 0 Å². The fourth-order valence-electron chi connectivity index (χ4n) is 4.50. The molecule has 31 heavy (non-hydrogen) atoms. The number of fused-ring (bicyclic) bond motifs is 1. The Balaban J connectivity index is 1.60. The van der Waals surface area contributed by atoms with Gasteiger partial charge in [-0.25, -0.2) is 9.97 Å². The van der Waals surface area contributed by atoms with E-state index in [2.05, 4.69) is 17.3 Å². The van der Waals surface area contributed by atoms with Gasteiger partial charge in [-0.2, -0.15) is 0 Å². The van der Waals surface area contributed by atoms with Crippen LogP contribution in [0.1, 0.15) is 65.2 Å². The van der Waals surface area contributed by atoms with Crippen molar-refractivity contribution >= 4 is 11.7 Å². The third kappa shape index (κ3) is 4.72. The molecule has 0 unspecified atom stereocenters. The van der Waals surface area contributed by atoms with E-state index in [1.54, 1.807) is 0 Å². The lowest BCUT2D eigenvalue weighted by atomic mass is 9.98. The zero-order chi connectivity index (χ0) is 21.8. The van der Waals surface area contributed by atoms with Gasteiger partial charge in [0.05, 0.1) is 18.3 Å². The smallest absolute Gasteiger partial charge is 0.254 e. The summed E-state index contributed by atoms with van der Waals surface area (Å²) in [7, 11) is 4.03. The summed E-state index contributed by atoms with van der Waals surface area (Å²) >= 11 is 0. The van der Waals surface area contributed by atoms with Crippen molar-refractivity contribution < 1.29 is 9.53 Å². The third-order valence-corrected chi connectivity index (χ3v) is 6.24. The summed E-state index contributed by atoms with van der Waals surface area (Å²) in [5.74, 6) is 1.72. The Morgan fingerprint density at radius 2 is 2.00 bits per heavy atom. The Bertz CT molecular complexity index is 898. The van der Waals surface area contributed by atoms with E-state index in [1.165, 1.54) is 5.56 Å². The second-order valence-electron chi connectivity index (χ2n) is 8.44. The molecule has 1 N–H and O–H groups in total. The van der Waals surface area contributed by atoms with Gasteiger partial charge in [-0.15, -0.1) is 0 Å². The van der Waals surface area contributed by atoms with Crippen LogP contribution in [-0.4, -0.2) is 59.5 Å². The molecular weight excluding hydrogens is 390 g/mol. The normalized spacial score (nSPS) is 19.2. The summed E-state index contributed by atoms with van der Waals surface area (Å²) < 4.78 is 5.46. The molecule has 0 spiro atoms. The highest BCUT2D eigenvalue weighted by Crippen LogP contribution is 2.33. The van der Waals surface area contributed by atoms with Crippen molar-refractivity contribution in [2.45, 2.75) is 51.8 Å². The first-order valence-electron chi connectivity index (χ1n) is 11.3. The Labute approximate surface area is 184 Å². The van der Waals surface area contributed by atoms with Crippen LogP contribution in [0.15, 0.2) is 24.3 Å². The van der Waals surface area contributed by atoms with Crippen LogP contribution < -0.4 is 5.32 Å². The average molecular weight is 424 g/mol. The van der Waals surface area contributed by atoms with Gasteiger partial charge in [-0.05, 0) is 50.9 Å². The Morgan fingerprint density at radius 1 is 1.19 bits per heavy atom. The maximum Gasteiger partial charge on any atom is 0.254 e. The minimum Gasteiger partial charge on any atom is -0.377 e. The topological polar surface area (TPSA) is 70.6 Å². The summed E-state index contributed by atoms with van der Waals surface area (Å²) in [5, 5.41) is 3.26. The van der Waals surface area contributed by atoms with Crippen molar-refractivity contribution in [2.75, 3.05) is 39.1 Å². The number of aromatic nitrogens is 2. The highest BCUT2D eigenvalue weighted by molar-refractivity contribution is 5.94. The lowest BCUT2D eigenvalue weighted by Gasteiger charge is -2.36. The standard InChI is InChI=1S/C24H33N5O2/c1-4-31-16-17-8-10-18(11-9-17)24(30)29-13-6-5-7-21(29)23-26-20-12-14-28(3)15-19(20)22(25-2)27-23/h8-11,21H,4-7,12-16H2,1-3H3,(H,25,26,27)/t21-/m1/s1. The van der Waals surface area contributed by atoms with Crippen LogP contribution in [0, 0.1) is 0 Å². The van der Waals surface area contributed by atoms with Gasteiger partial charge in [0.2, 0.25) is 0 Å². The van der Waals surface area contributed by atoms with Crippen LogP contribution in [0.2, 0.25) is 0 Å². The number of anilines is 1. The predicted molar refractivity (Wildman–Crippen MR) is 121 cm³/mol. The summed E-state index contributed by atoms with van der Waals surface area (Å²) in [4.78, 5) is 27.5. The average Bonchev–Trinajstić information content (AvgIpc) is 2.82. The molecule has 1 aromatic heterocycles. The van der Waals surface area contributed by atoms with Gasteiger partial charge in [0.25, 0.3) is 5.91 Å². The first-order valence-corrected chi connectivity index (χ1v) is 11.3. The first kappa shape index (κ1) is 21.7. The molecule has 2 aliphatic rings. The van der Waals surface area contributed by atoms with Crippen molar-refractivity contribution in [3.63, 3.8) is 0 Å². The lowest BCUT2D eigenvalue weighted by Crippen LogP contribution is -2.40. The predicted octanol–water partition coefficient (Wildman–Crippen LogP) is 3.41. The molecule has 7 heteroatoms. The number of carbonyl (C=O) groups is 1. The van der Waals surface area contributed by atoms with Crippen molar-refractivity contribution in [3.8, 4) is 0 Å². The minimum absolute atomic E-state index is 0.0553. The molecule has 0 radical (unpaired) electrons. The summed E-state index contributed by atoms with van der Waals surface area (Å²) in [6, 6.07) is 7.69. The van der Waals surface area contributed by atoms with Crippen LogP contribution in [0.5, 0.6) is 0 Å². The number of amides is 1. The molecule has 2 aliphatic heterocycles. The second kappa shape index (κ2) is 9.75. The highest BCUT2D eigenvalue weighted by atomic mass is 16.5. The molecule has 3 heterocycles. The number of hydrogen-bond donors (Lipinski definition) is 1. The second-order valence-corrected chi connectivity index (χ2v) is 8.44. The van der Waals surface area contributed by atoms with Crippen molar-refractivity contribution in [1.82, 2.24) is 19.8 Å². The zero-order valence-corrected chi connectivity index (χ0v) is 18.9. The highest BCUT2D eigenvalue weighted by Gasteiger charge is 2.32. The van der Waals surface area contributed by atoms with E-state index in [0.29, 0.717) is 18.8 Å². The number of carbonyl (C=O) groups excluding carboxylic acids is 1. The van der Waals surface area contributed by atoms with Gasteiger partial charge in [-0.1, -0.05) is 12.1 Å². The molecule has 1 aromatic carbocycles. The number of hydrogen-bond acceptors (Lipinski definition) is 6. The van der Waals surface area contributed by atoms with E-state index in [0.717, 1.165) is 68.2 Å². The van der Waals surface area contributed by atoms with Crippen LogP contribution >= 0.6 is 0 Å². The van der Waals surface area contributed by atoms with Crippen LogP contribution in [0.4, 0.5) is 5.82 Å². The molecule has 0 aliphatic carbocycles. The van der Waals surface area contributed by atoms with Gasteiger partial charge in [-0.3, -0.25) is 4.79 Å². The van der Waals surface area contributed by atoms with E-state index < -0.39 is 0 Å². The number of piperidine rings is 1. The fourth-order valence-corrected chi connectivity index (χ4v) is 4.50. The third-order valence-electron chi connectivity index (χ3n) is 6.24. The van der Waals surface area contributed by atoms with Crippen molar-refractivity contribution in [1.29, 1.82) is 0 Å². The molecular formula is C24H33N5O2. The minimum atomic E-state index is -0.0820. The summed E-state index contributed by atoms with van der Waals surface area (Å²) in [5.41, 5.74) is 4.08. The number of rotatable bonds is 6. The molecule has 4 rings (SSSR count). The van der Waals surface area contributed by atoms with Crippen molar-refractivity contribution in [2.24, 2.45) is 0 Å². The number of nitrogens with one attached hydrogen (secondary N) is 1. The van der Waals surface area contributed by atoms with E-state index in [4.69, 9.17) is 14.7 Å². The Hall–Kier alpha value is -2.51. The summed E-state index contributed by atoms with van der Waals surface area (Å²) in [6.45, 7) is 5.82. The van der Waals surface area contributed by atoms with E-state index in [-0.39, 0.29) is 11.9 Å². The van der Waals surface area contributed by atoms with Gasteiger partial charge in [0, 0.05) is 50.8 Å². The Kier molecular flexibility index (Phi) is 6.83. The number of benzene rings is 1. The van der Waals surface area contributed by atoms with Gasteiger partial charge in [0.15, 0.2) is 5.82 Å². The monoisotopic (exact) mass is 423 g/mol. The molecule has 2 aromatic rings. The van der Waals surface area contributed by atoms with E-state index in [9.17, 15) is 4.79 Å². The zero-order valence-electron chi connectivity index (χ0n) is 18.9. The van der Waals surface area contributed by atoms with Crippen LogP contribution in [-0.2, 0) is 24.3 Å². The molecule has 7 nitrogen and oxygen atoms in total. The quantitative estimate of drug-likeness (QED) is 0.768. The number of likely N-dealkylation sites (N-methyl/N-ethyl adjacent to an activating group) is 1. The van der Waals surface area contributed by atoms with Crippen molar-refractivity contribution in [3.05, 3.63) is 52.5 Å². The molecule has 1 fully saturated rings. The lowest BCUT2D eigenvalue weighted by molar-refractivity contribution is 0.0599. The maximum absolute atomic E-state index is 13.4. The maximum atomic E-state index is 13.4. The SMILES string of the molecule is CCOCc1ccc(C(=O)N2CCCC[C@@H]2c2nc3c(c(NC)n2)CN(C)CC3)cc1. The summed E-state index contributed by atoms with van der Waals surface area (Å²) in [6.07, 6.45) is 3.91. The van der Waals surface area contributed by atoms with Gasteiger partial charge in [0.1, 0.15) is 5.82 Å².